The van der Waals surface area contributed by atoms with Crippen LogP contribution < -0.4 is 16.4 Å². The summed E-state index contributed by atoms with van der Waals surface area (Å²) in [4.78, 5) is 23.1. The second-order valence-corrected chi connectivity index (χ2v) is 5.11. The second-order valence-electron chi connectivity index (χ2n) is 5.11. The molecule has 1 fully saturated rings. The van der Waals surface area contributed by atoms with E-state index < -0.39 is 0 Å². The van der Waals surface area contributed by atoms with Gasteiger partial charge in [-0.1, -0.05) is 13.8 Å². The predicted molar refractivity (Wildman–Crippen MR) is 73.4 cm³/mol. The summed E-state index contributed by atoms with van der Waals surface area (Å²) in [6.07, 6.45) is 1.89. The highest BCUT2D eigenvalue weighted by molar-refractivity contribution is 5.87. The molecule has 0 bridgehead atoms. The predicted octanol–water partition coefficient (Wildman–Crippen LogP) is 0.424. The molecule has 4 N–H and O–H groups in total. The number of nitrogens with two attached hydrogens (primary N) is 1. The number of hydrogen-bond acceptors (Lipinski definition) is 3. The summed E-state index contributed by atoms with van der Waals surface area (Å²) < 4.78 is 0. The molecule has 18 heavy (non-hydrogen) atoms. The van der Waals surface area contributed by atoms with E-state index in [1.165, 1.54) is 0 Å². The van der Waals surface area contributed by atoms with Crippen molar-refractivity contribution >= 4 is 24.2 Å². The molecule has 0 aromatic rings. The zero-order valence-corrected chi connectivity index (χ0v) is 11.9. The normalized spacial score (nSPS) is 20.9. The maximum absolute atomic E-state index is 11.9. The van der Waals surface area contributed by atoms with Gasteiger partial charge < -0.3 is 16.4 Å². The molecule has 1 rings (SSSR count). The molecule has 1 aliphatic heterocycles. The molecule has 0 radical (unpaired) electrons. The van der Waals surface area contributed by atoms with E-state index in [2.05, 4.69) is 24.5 Å². The molecule has 0 aliphatic carbocycles. The molecule has 5 nitrogen and oxygen atoms in total. The van der Waals surface area contributed by atoms with Crippen molar-refractivity contribution in [2.45, 2.75) is 39.2 Å². The maximum atomic E-state index is 11.9. The summed E-state index contributed by atoms with van der Waals surface area (Å²) in [6, 6.07) is 0.0208. The Morgan fingerprint density at radius 3 is 2.72 bits per heavy atom. The molecule has 6 heteroatoms. The Bertz CT molecular complexity index is 284. The summed E-state index contributed by atoms with van der Waals surface area (Å²) in [5.74, 6) is 0.240. The smallest absolute Gasteiger partial charge is 0.223 e. The third-order valence-corrected chi connectivity index (χ3v) is 3.00. The number of hydrogen-bond donors (Lipinski definition) is 3. The van der Waals surface area contributed by atoms with Crippen molar-refractivity contribution in [1.82, 2.24) is 10.6 Å². The topological polar surface area (TPSA) is 84.2 Å². The van der Waals surface area contributed by atoms with Crippen LogP contribution in [-0.4, -0.2) is 30.9 Å². The SMILES string of the molecule is CC(C)CC(CN)NC(=O)C1CCNC(=O)C1.Cl. The van der Waals surface area contributed by atoms with Gasteiger partial charge in [-0.3, -0.25) is 9.59 Å². The second kappa shape index (κ2) is 8.32. The Kier molecular flexibility index (Phi) is 7.95. The zero-order chi connectivity index (χ0) is 12.8. The molecule has 1 aliphatic rings. The minimum Gasteiger partial charge on any atom is -0.356 e. The van der Waals surface area contributed by atoms with E-state index in [0.29, 0.717) is 25.4 Å². The summed E-state index contributed by atoms with van der Waals surface area (Å²) >= 11 is 0. The number of carbonyl (C=O) groups excluding carboxylic acids is 2. The molecule has 2 atom stereocenters. The number of amides is 2. The van der Waals surface area contributed by atoms with Gasteiger partial charge in [0.25, 0.3) is 0 Å². The monoisotopic (exact) mass is 277 g/mol. The third kappa shape index (κ3) is 5.69. The highest BCUT2D eigenvalue weighted by Gasteiger charge is 2.26. The van der Waals surface area contributed by atoms with E-state index in [1.54, 1.807) is 0 Å². The first kappa shape index (κ1) is 17.2. The third-order valence-electron chi connectivity index (χ3n) is 3.00. The maximum Gasteiger partial charge on any atom is 0.223 e. The van der Waals surface area contributed by atoms with E-state index in [-0.39, 0.29) is 36.2 Å². The van der Waals surface area contributed by atoms with Crippen molar-refractivity contribution in [3.05, 3.63) is 0 Å². The molecule has 0 aromatic heterocycles. The van der Waals surface area contributed by atoms with Gasteiger partial charge in [-0.2, -0.15) is 0 Å². The van der Waals surface area contributed by atoms with E-state index in [4.69, 9.17) is 5.73 Å². The van der Waals surface area contributed by atoms with Gasteiger partial charge in [-0.25, -0.2) is 0 Å². The highest BCUT2D eigenvalue weighted by Crippen LogP contribution is 2.13. The number of rotatable bonds is 5. The summed E-state index contributed by atoms with van der Waals surface area (Å²) in [5, 5.41) is 5.67. The van der Waals surface area contributed by atoms with Gasteiger partial charge in [0.2, 0.25) is 11.8 Å². The quantitative estimate of drug-likeness (QED) is 0.681. The average molecular weight is 278 g/mol. The molecule has 1 heterocycles. The Morgan fingerprint density at radius 2 is 2.22 bits per heavy atom. The van der Waals surface area contributed by atoms with Gasteiger partial charge in [0, 0.05) is 31.5 Å². The van der Waals surface area contributed by atoms with Crippen LogP contribution in [0.5, 0.6) is 0 Å². The molecular weight excluding hydrogens is 254 g/mol. The minimum absolute atomic E-state index is 0. The largest absolute Gasteiger partial charge is 0.356 e. The molecule has 2 amide bonds. The lowest BCUT2D eigenvalue weighted by atomic mass is 9.95. The fourth-order valence-electron chi connectivity index (χ4n) is 2.11. The number of carbonyl (C=O) groups is 2. The van der Waals surface area contributed by atoms with E-state index in [0.717, 1.165) is 12.8 Å². The molecule has 0 spiro atoms. The van der Waals surface area contributed by atoms with Crippen molar-refractivity contribution in [2.24, 2.45) is 17.6 Å². The van der Waals surface area contributed by atoms with Crippen molar-refractivity contribution < 1.29 is 9.59 Å². The Hall–Kier alpha value is -0.810. The summed E-state index contributed by atoms with van der Waals surface area (Å²) in [6.45, 7) is 5.24. The van der Waals surface area contributed by atoms with Crippen LogP contribution in [0.15, 0.2) is 0 Å². The van der Waals surface area contributed by atoms with Gasteiger partial charge in [-0.15, -0.1) is 12.4 Å². The van der Waals surface area contributed by atoms with Crippen LogP contribution >= 0.6 is 12.4 Å². The Morgan fingerprint density at radius 1 is 1.56 bits per heavy atom. The first-order chi connectivity index (χ1) is 8.02. The lowest BCUT2D eigenvalue weighted by Crippen LogP contribution is -2.47. The summed E-state index contributed by atoms with van der Waals surface area (Å²) in [7, 11) is 0. The van der Waals surface area contributed by atoms with Crippen LogP contribution in [0.4, 0.5) is 0 Å². The first-order valence-electron chi connectivity index (χ1n) is 6.30. The molecule has 2 unspecified atom stereocenters. The Balaban J connectivity index is 0.00000289. The van der Waals surface area contributed by atoms with Crippen molar-refractivity contribution in [1.29, 1.82) is 0 Å². The fraction of sp³-hybridized carbons (Fsp3) is 0.833. The van der Waals surface area contributed by atoms with Gasteiger partial charge in [0.1, 0.15) is 0 Å². The number of piperidine rings is 1. The molecule has 1 saturated heterocycles. The highest BCUT2D eigenvalue weighted by atomic mass is 35.5. The van der Waals surface area contributed by atoms with E-state index >= 15 is 0 Å². The van der Waals surface area contributed by atoms with Gasteiger partial charge in [0.15, 0.2) is 0 Å². The van der Waals surface area contributed by atoms with Gasteiger partial charge >= 0.3 is 0 Å². The molecule has 0 saturated carbocycles. The van der Waals surface area contributed by atoms with Crippen LogP contribution in [0.3, 0.4) is 0 Å². The van der Waals surface area contributed by atoms with Gasteiger partial charge in [-0.05, 0) is 18.8 Å². The molecule has 106 valence electrons. The standard InChI is InChI=1S/C12H23N3O2.ClH/c1-8(2)5-10(7-13)15-12(17)9-3-4-14-11(16)6-9;/h8-10H,3-7,13H2,1-2H3,(H,14,16)(H,15,17);1H. The number of nitrogens with one attached hydrogen (secondary N) is 2. The van der Waals surface area contributed by atoms with Crippen LogP contribution in [-0.2, 0) is 9.59 Å². The lowest BCUT2D eigenvalue weighted by molar-refractivity contribution is -0.132. The van der Waals surface area contributed by atoms with Crippen molar-refractivity contribution in [3.8, 4) is 0 Å². The van der Waals surface area contributed by atoms with Crippen LogP contribution in [0.25, 0.3) is 0 Å². The minimum atomic E-state index is -0.190. The van der Waals surface area contributed by atoms with Crippen LogP contribution in [0.1, 0.15) is 33.1 Å². The fourth-order valence-corrected chi connectivity index (χ4v) is 2.11. The lowest BCUT2D eigenvalue weighted by Gasteiger charge is -2.25. The van der Waals surface area contributed by atoms with Crippen LogP contribution in [0.2, 0.25) is 0 Å². The number of halogens is 1. The zero-order valence-electron chi connectivity index (χ0n) is 11.1. The van der Waals surface area contributed by atoms with Crippen molar-refractivity contribution in [3.63, 3.8) is 0 Å². The van der Waals surface area contributed by atoms with E-state index in [9.17, 15) is 9.59 Å². The first-order valence-corrected chi connectivity index (χ1v) is 6.30. The Labute approximate surface area is 115 Å². The summed E-state index contributed by atoms with van der Waals surface area (Å²) in [5.41, 5.74) is 5.63. The van der Waals surface area contributed by atoms with Gasteiger partial charge in [0.05, 0.1) is 0 Å². The van der Waals surface area contributed by atoms with Crippen LogP contribution in [0, 0.1) is 11.8 Å². The average Bonchev–Trinajstić information content (AvgIpc) is 2.27. The molecule has 0 aromatic carbocycles. The van der Waals surface area contributed by atoms with E-state index in [1.807, 2.05) is 0 Å². The van der Waals surface area contributed by atoms with Crippen molar-refractivity contribution in [2.75, 3.05) is 13.1 Å². The molecular formula is C12H24ClN3O2.